The van der Waals surface area contributed by atoms with Crippen molar-refractivity contribution in [1.29, 1.82) is 0 Å². The Hall–Kier alpha value is -1.38. The van der Waals surface area contributed by atoms with Crippen LogP contribution < -0.4 is 4.74 Å². The molecule has 0 bridgehead atoms. The summed E-state index contributed by atoms with van der Waals surface area (Å²) in [6, 6.07) is 4.45. The normalized spacial score (nSPS) is 27.8. The number of benzene rings is 1. The molecule has 2 rings (SSSR count). The fraction of sp³-hybridized carbons (Fsp3) is 0.500. The second-order valence-corrected chi connectivity index (χ2v) is 4.91. The summed E-state index contributed by atoms with van der Waals surface area (Å²) in [6.45, 7) is 5.73. The van der Waals surface area contributed by atoms with Crippen LogP contribution in [0, 0.1) is 18.2 Å². The van der Waals surface area contributed by atoms with Crippen molar-refractivity contribution in [3.63, 3.8) is 0 Å². The Morgan fingerprint density at radius 1 is 1.53 bits per heavy atom. The van der Waals surface area contributed by atoms with Gasteiger partial charge in [-0.15, -0.1) is 0 Å². The minimum Gasteiger partial charge on any atom is -0.489 e. The van der Waals surface area contributed by atoms with Gasteiger partial charge in [-0.25, -0.2) is 4.39 Å². The molecule has 0 aromatic heterocycles. The second kappa shape index (κ2) is 4.13. The van der Waals surface area contributed by atoms with Crippen LogP contribution in [0.5, 0.6) is 5.75 Å². The average Bonchev–Trinajstić information content (AvgIpc) is 2.30. The van der Waals surface area contributed by atoms with E-state index in [1.807, 2.05) is 20.8 Å². The number of hydrogen-bond acceptors (Lipinski definition) is 2. The number of ether oxygens (including phenoxy) is 1. The van der Waals surface area contributed by atoms with Crippen LogP contribution in [0.1, 0.15) is 32.3 Å². The van der Waals surface area contributed by atoms with Gasteiger partial charge < -0.3 is 4.74 Å². The lowest BCUT2D eigenvalue weighted by Crippen LogP contribution is -2.54. The standard InChI is InChI=1S/C14H17FO2/c1-4-14(3)12(16)8-13(14)17-11-6-5-10(15)7-9(11)2/h5-7,13H,4,8H2,1-3H3. The molecule has 1 aliphatic rings. The average molecular weight is 236 g/mol. The summed E-state index contributed by atoms with van der Waals surface area (Å²) >= 11 is 0. The first-order valence-corrected chi connectivity index (χ1v) is 5.93. The van der Waals surface area contributed by atoms with E-state index in [9.17, 15) is 9.18 Å². The summed E-state index contributed by atoms with van der Waals surface area (Å²) in [5.41, 5.74) is 0.392. The molecule has 0 N–H and O–H groups in total. The molecule has 2 nitrogen and oxygen atoms in total. The van der Waals surface area contributed by atoms with Crippen LogP contribution >= 0.6 is 0 Å². The molecule has 92 valence electrons. The number of rotatable bonds is 3. The van der Waals surface area contributed by atoms with E-state index in [2.05, 4.69) is 0 Å². The van der Waals surface area contributed by atoms with Gasteiger partial charge in [0, 0.05) is 6.42 Å². The maximum absolute atomic E-state index is 13.0. The van der Waals surface area contributed by atoms with Gasteiger partial charge in [-0.2, -0.15) is 0 Å². The molecule has 2 atom stereocenters. The zero-order valence-corrected chi connectivity index (χ0v) is 10.4. The molecule has 0 amide bonds. The van der Waals surface area contributed by atoms with Gasteiger partial charge in [-0.05, 0) is 44.0 Å². The van der Waals surface area contributed by atoms with Crippen molar-refractivity contribution in [2.24, 2.45) is 5.41 Å². The minimum atomic E-state index is -0.374. The van der Waals surface area contributed by atoms with Crippen molar-refractivity contribution in [3.8, 4) is 5.75 Å². The van der Waals surface area contributed by atoms with Crippen molar-refractivity contribution in [2.45, 2.75) is 39.7 Å². The topological polar surface area (TPSA) is 26.3 Å². The summed E-state index contributed by atoms with van der Waals surface area (Å²) in [4.78, 5) is 11.6. The Balaban J connectivity index is 2.15. The molecule has 0 heterocycles. The smallest absolute Gasteiger partial charge is 0.146 e. The highest BCUT2D eigenvalue weighted by Gasteiger charge is 2.51. The lowest BCUT2D eigenvalue weighted by atomic mass is 9.64. The fourth-order valence-electron chi connectivity index (χ4n) is 2.17. The highest BCUT2D eigenvalue weighted by molar-refractivity contribution is 5.92. The second-order valence-electron chi connectivity index (χ2n) is 4.91. The molecule has 0 saturated heterocycles. The zero-order chi connectivity index (χ0) is 12.6. The molecule has 17 heavy (non-hydrogen) atoms. The number of ketones is 1. The summed E-state index contributed by atoms with van der Waals surface area (Å²) in [7, 11) is 0. The highest BCUT2D eigenvalue weighted by Crippen LogP contribution is 2.42. The van der Waals surface area contributed by atoms with Crippen LogP contribution in [0.15, 0.2) is 18.2 Å². The molecule has 1 fully saturated rings. The first kappa shape index (κ1) is 12.1. The molecule has 0 spiro atoms. The molecule has 1 saturated carbocycles. The number of hydrogen-bond donors (Lipinski definition) is 0. The minimum absolute atomic E-state index is 0.0795. The number of halogens is 1. The van der Waals surface area contributed by atoms with Gasteiger partial charge in [0.05, 0.1) is 5.41 Å². The predicted molar refractivity (Wildman–Crippen MR) is 63.6 cm³/mol. The Labute approximate surface area is 101 Å². The van der Waals surface area contributed by atoms with Gasteiger partial charge in [-0.3, -0.25) is 4.79 Å². The zero-order valence-electron chi connectivity index (χ0n) is 10.4. The highest BCUT2D eigenvalue weighted by atomic mass is 19.1. The van der Waals surface area contributed by atoms with Crippen molar-refractivity contribution < 1.29 is 13.9 Å². The van der Waals surface area contributed by atoms with Crippen molar-refractivity contribution in [1.82, 2.24) is 0 Å². The monoisotopic (exact) mass is 236 g/mol. The Kier molecular flexibility index (Phi) is 2.94. The lowest BCUT2D eigenvalue weighted by Gasteiger charge is -2.44. The van der Waals surface area contributed by atoms with E-state index in [0.717, 1.165) is 12.0 Å². The summed E-state index contributed by atoms with van der Waals surface area (Å²) < 4.78 is 18.8. The van der Waals surface area contributed by atoms with Crippen molar-refractivity contribution in [3.05, 3.63) is 29.6 Å². The molecule has 1 aromatic rings. The summed E-state index contributed by atoms with van der Waals surface area (Å²) in [6.07, 6.45) is 1.15. The van der Waals surface area contributed by atoms with Gasteiger partial charge in [0.15, 0.2) is 0 Å². The van der Waals surface area contributed by atoms with Crippen LogP contribution in [0.25, 0.3) is 0 Å². The molecule has 1 aliphatic carbocycles. The quantitative estimate of drug-likeness (QED) is 0.805. The summed E-state index contributed by atoms with van der Waals surface area (Å²) in [5.74, 6) is 0.658. The van der Waals surface area contributed by atoms with Crippen LogP contribution in [0.2, 0.25) is 0 Å². The molecule has 1 aromatic carbocycles. The number of carbonyl (C=O) groups is 1. The maximum atomic E-state index is 13.0. The van der Waals surface area contributed by atoms with Gasteiger partial charge in [0.25, 0.3) is 0 Å². The number of Topliss-reactive ketones (excluding diaryl/α,β-unsaturated/α-hetero) is 1. The molecule has 0 aliphatic heterocycles. The van der Waals surface area contributed by atoms with Crippen LogP contribution in [0.3, 0.4) is 0 Å². The van der Waals surface area contributed by atoms with Gasteiger partial charge >= 0.3 is 0 Å². The Morgan fingerprint density at radius 2 is 2.24 bits per heavy atom. The first-order chi connectivity index (χ1) is 7.97. The van der Waals surface area contributed by atoms with Crippen LogP contribution in [0.4, 0.5) is 4.39 Å². The largest absolute Gasteiger partial charge is 0.489 e. The molecule has 2 unspecified atom stereocenters. The lowest BCUT2D eigenvalue weighted by molar-refractivity contribution is -0.150. The summed E-state index contributed by atoms with van der Waals surface area (Å²) in [5, 5.41) is 0. The van der Waals surface area contributed by atoms with Gasteiger partial charge in [0.1, 0.15) is 23.5 Å². The van der Waals surface area contributed by atoms with Crippen molar-refractivity contribution >= 4 is 5.78 Å². The van der Waals surface area contributed by atoms with Gasteiger partial charge in [0.2, 0.25) is 0 Å². The van der Waals surface area contributed by atoms with E-state index in [-0.39, 0.29) is 23.1 Å². The third-order valence-electron chi connectivity index (χ3n) is 3.86. The van der Waals surface area contributed by atoms with E-state index in [1.54, 1.807) is 6.07 Å². The molecule has 0 radical (unpaired) electrons. The van der Waals surface area contributed by atoms with Gasteiger partial charge in [-0.1, -0.05) is 6.92 Å². The van der Waals surface area contributed by atoms with E-state index < -0.39 is 0 Å². The fourth-order valence-corrected chi connectivity index (χ4v) is 2.17. The first-order valence-electron chi connectivity index (χ1n) is 5.93. The van der Waals surface area contributed by atoms with Crippen LogP contribution in [-0.2, 0) is 4.79 Å². The van der Waals surface area contributed by atoms with E-state index in [0.29, 0.717) is 12.2 Å². The SMILES string of the molecule is CCC1(C)C(=O)CC1Oc1ccc(F)cc1C. The van der Waals surface area contributed by atoms with E-state index in [1.165, 1.54) is 12.1 Å². The van der Waals surface area contributed by atoms with Crippen LogP contribution in [-0.4, -0.2) is 11.9 Å². The molecular formula is C14H17FO2. The third-order valence-corrected chi connectivity index (χ3v) is 3.86. The third kappa shape index (κ3) is 1.94. The van der Waals surface area contributed by atoms with E-state index in [4.69, 9.17) is 4.74 Å². The predicted octanol–water partition coefficient (Wildman–Crippen LogP) is 3.27. The van der Waals surface area contributed by atoms with Crippen molar-refractivity contribution in [2.75, 3.05) is 0 Å². The maximum Gasteiger partial charge on any atom is 0.146 e. The Bertz CT molecular complexity index is 456. The Morgan fingerprint density at radius 3 is 2.76 bits per heavy atom. The molecular weight excluding hydrogens is 219 g/mol. The number of aryl methyl sites for hydroxylation is 1. The number of carbonyl (C=O) groups excluding carboxylic acids is 1. The molecule has 3 heteroatoms. The van der Waals surface area contributed by atoms with E-state index >= 15 is 0 Å².